The number of aryl methyl sites for hydroxylation is 1. The topological polar surface area (TPSA) is 49.6 Å². The molecule has 2 heterocycles. The van der Waals surface area contributed by atoms with Gasteiger partial charge in [0.2, 0.25) is 0 Å². The maximum atomic E-state index is 8.90. The van der Waals surface area contributed by atoms with Gasteiger partial charge >= 0.3 is 0 Å². The van der Waals surface area contributed by atoms with Gasteiger partial charge in [0.15, 0.2) is 4.96 Å². The number of hydrogen-bond acceptors (Lipinski definition) is 4. The SMILES string of the molecule is Cc1nc2sccn2c1CNc1ccc(CCO)cc1. The zero-order chi connectivity index (χ0) is 13.9. The van der Waals surface area contributed by atoms with Gasteiger partial charge in [0, 0.05) is 23.9 Å². The Balaban J connectivity index is 1.72. The molecule has 5 heteroatoms. The van der Waals surface area contributed by atoms with Crippen molar-refractivity contribution in [2.45, 2.75) is 19.9 Å². The molecule has 0 saturated carbocycles. The van der Waals surface area contributed by atoms with Gasteiger partial charge in [-0.2, -0.15) is 0 Å². The molecule has 20 heavy (non-hydrogen) atoms. The highest BCUT2D eigenvalue weighted by Gasteiger charge is 2.08. The van der Waals surface area contributed by atoms with Gasteiger partial charge in [0.1, 0.15) is 0 Å². The fourth-order valence-electron chi connectivity index (χ4n) is 2.26. The van der Waals surface area contributed by atoms with Crippen LogP contribution in [0.5, 0.6) is 0 Å². The largest absolute Gasteiger partial charge is 0.396 e. The number of aliphatic hydroxyl groups is 1. The number of imidazole rings is 1. The Morgan fingerprint density at radius 3 is 2.85 bits per heavy atom. The molecule has 1 aromatic carbocycles. The van der Waals surface area contributed by atoms with Crippen LogP contribution in [-0.4, -0.2) is 21.1 Å². The molecule has 0 saturated heterocycles. The van der Waals surface area contributed by atoms with Crippen molar-refractivity contribution in [3.05, 3.63) is 52.8 Å². The number of thiazole rings is 1. The van der Waals surface area contributed by atoms with E-state index in [-0.39, 0.29) is 6.61 Å². The molecule has 0 aliphatic heterocycles. The normalized spacial score (nSPS) is 11.1. The third kappa shape index (κ3) is 2.55. The zero-order valence-corrected chi connectivity index (χ0v) is 12.2. The van der Waals surface area contributed by atoms with Gasteiger partial charge in [-0.15, -0.1) is 11.3 Å². The van der Waals surface area contributed by atoms with Gasteiger partial charge < -0.3 is 10.4 Å². The second-order valence-electron chi connectivity index (χ2n) is 4.72. The summed E-state index contributed by atoms with van der Waals surface area (Å²) in [4.78, 5) is 5.58. The molecule has 0 bridgehead atoms. The van der Waals surface area contributed by atoms with E-state index in [1.54, 1.807) is 11.3 Å². The predicted molar refractivity (Wildman–Crippen MR) is 82.4 cm³/mol. The first-order valence-corrected chi connectivity index (χ1v) is 7.50. The van der Waals surface area contributed by atoms with E-state index in [4.69, 9.17) is 5.11 Å². The lowest BCUT2D eigenvalue weighted by molar-refractivity contribution is 0.299. The molecule has 0 fully saturated rings. The van der Waals surface area contributed by atoms with Gasteiger partial charge in [-0.1, -0.05) is 12.1 Å². The average molecular weight is 287 g/mol. The van der Waals surface area contributed by atoms with E-state index in [2.05, 4.69) is 26.3 Å². The number of benzene rings is 1. The van der Waals surface area contributed by atoms with Crippen molar-refractivity contribution in [3.63, 3.8) is 0 Å². The van der Waals surface area contributed by atoms with Gasteiger partial charge in [-0.25, -0.2) is 4.98 Å². The van der Waals surface area contributed by atoms with Crippen LogP contribution in [0.25, 0.3) is 4.96 Å². The van der Waals surface area contributed by atoms with Crippen molar-refractivity contribution in [1.82, 2.24) is 9.38 Å². The van der Waals surface area contributed by atoms with Gasteiger partial charge in [-0.3, -0.25) is 4.40 Å². The first-order chi connectivity index (χ1) is 9.78. The second kappa shape index (κ2) is 5.64. The summed E-state index contributed by atoms with van der Waals surface area (Å²) in [6.07, 6.45) is 2.76. The molecule has 3 rings (SSSR count). The second-order valence-corrected chi connectivity index (χ2v) is 5.60. The Bertz CT molecular complexity index is 700. The predicted octanol–water partition coefficient (Wildman–Crippen LogP) is 2.85. The van der Waals surface area contributed by atoms with Crippen molar-refractivity contribution in [2.75, 3.05) is 11.9 Å². The number of nitrogens with zero attached hydrogens (tertiary/aromatic N) is 2. The zero-order valence-electron chi connectivity index (χ0n) is 11.3. The molecule has 0 aliphatic carbocycles. The number of rotatable bonds is 5. The van der Waals surface area contributed by atoms with E-state index >= 15 is 0 Å². The quantitative estimate of drug-likeness (QED) is 0.758. The van der Waals surface area contributed by atoms with E-state index in [1.165, 1.54) is 5.69 Å². The number of fused-ring (bicyclic) bond motifs is 1. The number of aromatic nitrogens is 2. The molecule has 0 aliphatic rings. The lowest BCUT2D eigenvalue weighted by atomic mass is 10.1. The van der Waals surface area contributed by atoms with Crippen molar-refractivity contribution < 1.29 is 5.11 Å². The van der Waals surface area contributed by atoms with E-state index in [1.807, 2.05) is 31.2 Å². The van der Waals surface area contributed by atoms with Crippen LogP contribution in [0.4, 0.5) is 5.69 Å². The maximum absolute atomic E-state index is 8.90. The van der Waals surface area contributed by atoms with Crippen LogP contribution in [0.1, 0.15) is 17.0 Å². The van der Waals surface area contributed by atoms with E-state index in [0.717, 1.165) is 28.5 Å². The van der Waals surface area contributed by atoms with Crippen molar-refractivity contribution in [3.8, 4) is 0 Å². The maximum Gasteiger partial charge on any atom is 0.194 e. The minimum Gasteiger partial charge on any atom is -0.396 e. The summed E-state index contributed by atoms with van der Waals surface area (Å²) in [5, 5.41) is 14.4. The molecule has 2 aromatic heterocycles. The third-order valence-electron chi connectivity index (χ3n) is 3.38. The third-order valence-corrected chi connectivity index (χ3v) is 4.13. The molecule has 104 valence electrons. The van der Waals surface area contributed by atoms with Crippen molar-refractivity contribution >= 4 is 22.0 Å². The summed E-state index contributed by atoms with van der Waals surface area (Å²) in [5.41, 5.74) is 4.50. The lowest BCUT2D eigenvalue weighted by Crippen LogP contribution is -2.03. The smallest absolute Gasteiger partial charge is 0.194 e. The van der Waals surface area contributed by atoms with Crippen LogP contribution >= 0.6 is 11.3 Å². The Kier molecular flexibility index (Phi) is 3.71. The highest BCUT2D eigenvalue weighted by molar-refractivity contribution is 7.15. The summed E-state index contributed by atoms with van der Waals surface area (Å²) in [6, 6.07) is 8.18. The fourth-order valence-corrected chi connectivity index (χ4v) is 3.04. The van der Waals surface area contributed by atoms with Gasteiger partial charge in [0.05, 0.1) is 17.9 Å². The Morgan fingerprint density at radius 1 is 1.30 bits per heavy atom. The summed E-state index contributed by atoms with van der Waals surface area (Å²) in [5.74, 6) is 0. The van der Waals surface area contributed by atoms with Crippen molar-refractivity contribution in [1.29, 1.82) is 0 Å². The van der Waals surface area contributed by atoms with E-state index < -0.39 is 0 Å². The lowest BCUT2D eigenvalue weighted by Gasteiger charge is -2.07. The molecule has 0 spiro atoms. The minimum absolute atomic E-state index is 0.192. The number of anilines is 1. The van der Waals surface area contributed by atoms with Crippen LogP contribution in [0.2, 0.25) is 0 Å². The standard InChI is InChI=1S/C15H17N3OS/c1-11-14(18-7-9-20-15(18)17-11)10-16-13-4-2-12(3-5-13)6-8-19/h2-5,7,9,16,19H,6,8,10H2,1H3. The molecule has 2 N–H and O–H groups in total. The van der Waals surface area contributed by atoms with Crippen LogP contribution in [-0.2, 0) is 13.0 Å². The first-order valence-electron chi connectivity index (χ1n) is 6.62. The molecule has 0 radical (unpaired) electrons. The first kappa shape index (κ1) is 13.1. The number of hydrogen-bond donors (Lipinski definition) is 2. The van der Waals surface area contributed by atoms with Crippen LogP contribution in [0.15, 0.2) is 35.8 Å². The summed E-state index contributed by atoms with van der Waals surface area (Å²) in [7, 11) is 0. The molecule has 0 amide bonds. The summed E-state index contributed by atoms with van der Waals surface area (Å²) >= 11 is 1.65. The highest BCUT2D eigenvalue weighted by Crippen LogP contribution is 2.18. The fraction of sp³-hybridized carbons (Fsp3) is 0.267. The van der Waals surface area contributed by atoms with Crippen LogP contribution in [0.3, 0.4) is 0 Å². The number of aliphatic hydroxyl groups excluding tert-OH is 1. The molecule has 0 atom stereocenters. The monoisotopic (exact) mass is 287 g/mol. The van der Waals surface area contributed by atoms with Gasteiger partial charge in [-0.05, 0) is 31.0 Å². The number of nitrogens with one attached hydrogen (secondary N) is 1. The van der Waals surface area contributed by atoms with Crippen molar-refractivity contribution in [2.24, 2.45) is 0 Å². The van der Waals surface area contributed by atoms with E-state index in [9.17, 15) is 0 Å². The van der Waals surface area contributed by atoms with Gasteiger partial charge in [0.25, 0.3) is 0 Å². The Hall–Kier alpha value is -1.85. The summed E-state index contributed by atoms with van der Waals surface area (Å²) in [6.45, 7) is 2.99. The molecular formula is C15H17N3OS. The Labute approximate surface area is 121 Å². The van der Waals surface area contributed by atoms with Crippen LogP contribution in [0, 0.1) is 6.92 Å². The summed E-state index contributed by atoms with van der Waals surface area (Å²) < 4.78 is 2.13. The molecular weight excluding hydrogens is 270 g/mol. The Morgan fingerprint density at radius 2 is 2.10 bits per heavy atom. The molecule has 3 aromatic rings. The average Bonchev–Trinajstić information content (AvgIpc) is 2.99. The van der Waals surface area contributed by atoms with Crippen LogP contribution < -0.4 is 5.32 Å². The highest BCUT2D eigenvalue weighted by atomic mass is 32.1. The molecule has 0 unspecified atom stereocenters. The van der Waals surface area contributed by atoms with E-state index in [0.29, 0.717) is 6.42 Å². The minimum atomic E-state index is 0.192. The molecule has 4 nitrogen and oxygen atoms in total.